The summed E-state index contributed by atoms with van der Waals surface area (Å²) >= 11 is 0. The van der Waals surface area contributed by atoms with Crippen LogP contribution in [0.3, 0.4) is 0 Å². The Morgan fingerprint density at radius 3 is 2.69 bits per heavy atom. The quantitative estimate of drug-likeness (QED) is 0.414. The molecule has 2 aliphatic rings. The van der Waals surface area contributed by atoms with Crippen LogP contribution in [0.2, 0.25) is 0 Å². The summed E-state index contributed by atoms with van der Waals surface area (Å²) in [6, 6.07) is 8.90. The summed E-state index contributed by atoms with van der Waals surface area (Å²) in [5.74, 6) is -1.99. The van der Waals surface area contributed by atoms with Gasteiger partial charge in [-0.05, 0) is 44.6 Å². The van der Waals surface area contributed by atoms with Gasteiger partial charge in [0.1, 0.15) is 5.54 Å². The van der Waals surface area contributed by atoms with E-state index < -0.39 is 36.0 Å². The number of nitrogens with one attached hydrogen (secondary N) is 2. The summed E-state index contributed by atoms with van der Waals surface area (Å²) in [6.45, 7) is 1.08. The van der Waals surface area contributed by atoms with Crippen LogP contribution >= 0.6 is 0 Å². The number of nitrogens with zero attached hydrogens (tertiary/aromatic N) is 1. The maximum absolute atomic E-state index is 12.7. The van der Waals surface area contributed by atoms with Gasteiger partial charge in [-0.25, -0.2) is 4.79 Å². The third-order valence-electron chi connectivity index (χ3n) is 5.20. The van der Waals surface area contributed by atoms with E-state index in [1.807, 2.05) is 42.5 Å². The molecule has 2 atom stereocenters. The second-order valence-electron chi connectivity index (χ2n) is 7.51. The average molecular weight is 399 g/mol. The van der Waals surface area contributed by atoms with E-state index in [1.165, 1.54) is 0 Å². The molecule has 8 heteroatoms. The molecule has 29 heavy (non-hydrogen) atoms. The largest absolute Gasteiger partial charge is 0.455 e. The number of carbonyl (C=O) groups is 4. The molecule has 1 aromatic rings. The molecular weight excluding hydrogens is 374 g/mol. The lowest BCUT2D eigenvalue weighted by Crippen LogP contribution is -2.50. The summed E-state index contributed by atoms with van der Waals surface area (Å²) in [5.41, 5.74) is 2.16. The monoisotopic (exact) mass is 399 g/mol. The third kappa shape index (κ3) is 5.01. The standard InChI is InChI=1S/C21H25N3O5/c1-21(13-12-15-8-4-2-5-9-15)19(27)24(20(28)22-21)23-17(25)14-29-18(26)16-10-6-3-7-11-16/h2-6,8-9,16H,7,10-14H2,1H3,(H,22,28)(H,23,25)/t16-,21+/m0/s1. The van der Waals surface area contributed by atoms with Gasteiger partial charge >= 0.3 is 12.0 Å². The molecule has 2 N–H and O–H groups in total. The minimum Gasteiger partial charge on any atom is -0.455 e. The topological polar surface area (TPSA) is 105 Å². The summed E-state index contributed by atoms with van der Waals surface area (Å²) in [6.07, 6.45) is 6.98. The highest BCUT2D eigenvalue weighted by Gasteiger charge is 2.48. The van der Waals surface area contributed by atoms with E-state index in [1.54, 1.807) is 6.92 Å². The number of imide groups is 1. The second-order valence-corrected chi connectivity index (χ2v) is 7.51. The Labute approximate surface area is 169 Å². The normalized spacial score (nSPS) is 23.6. The molecule has 1 fully saturated rings. The molecule has 0 unspecified atom stereocenters. The SMILES string of the molecule is C[C@]1(CCc2ccccc2)NC(=O)N(NC(=O)COC(=O)[C@H]2CC=CCC2)C1=O. The van der Waals surface area contributed by atoms with Crippen LogP contribution in [-0.4, -0.2) is 41.0 Å². The van der Waals surface area contributed by atoms with Crippen LogP contribution < -0.4 is 10.7 Å². The van der Waals surface area contributed by atoms with Crippen LogP contribution in [-0.2, 0) is 25.5 Å². The smallest absolute Gasteiger partial charge is 0.344 e. The number of benzene rings is 1. The molecule has 1 aliphatic carbocycles. The van der Waals surface area contributed by atoms with Crippen LogP contribution in [0.1, 0.15) is 38.2 Å². The highest BCUT2D eigenvalue weighted by atomic mass is 16.5. The van der Waals surface area contributed by atoms with Gasteiger partial charge in [0.2, 0.25) is 0 Å². The van der Waals surface area contributed by atoms with Crippen molar-refractivity contribution in [3.63, 3.8) is 0 Å². The molecule has 1 heterocycles. The summed E-state index contributed by atoms with van der Waals surface area (Å²) < 4.78 is 5.03. The van der Waals surface area contributed by atoms with Crippen LogP contribution in [0.5, 0.6) is 0 Å². The second kappa shape index (κ2) is 8.89. The number of rotatable bonds is 7. The van der Waals surface area contributed by atoms with Crippen molar-refractivity contribution in [2.45, 2.75) is 44.6 Å². The van der Waals surface area contributed by atoms with Gasteiger partial charge in [0.15, 0.2) is 6.61 Å². The van der Waals surface area contributed by atoms with Gasteiger partial charge in [0.25, 0.3) is 11.8 Å². The molecule has 3 rings (SSSR count). The fourth-order valence-corrected chi connectivity index (χ4v) is 3.41. The van der Waals surface area contributed by atoms with Crippen molar-refractivity contribution in [3.05, 3.63) is 48.0 Å². The predicted octanol–water partition coefficient (Wildman–Crippen LogP) is 1.86. The fourth-order valence-electron chi connectivity index (χ4n) is 3.41. The molecule has 0 aromatic heterocycles. The molecule has 4 amide bonds. The summed E-state index contributed by atoms with van der Waals surface area (Å²) in [4.78, 5) is 49.0. The zero-order valence-electron chi connectivity index (χ0n) is 16.3. The number of carbonyl (C=O) groups excluding carboxylic acids is 4. The van der Waals surface area contributed by atoms with E-state index in [0.717, 1.165) is 12.0 Å². The molecule has 0 spiro atoms. The lowest BCUT2D eigenvalue weighted by atomic mass is 9.93. The maximum atomic E-state index is 12.7. The zero-order valence-corrected chi connectivity index (χ0v) is 16.3. The highest BCUT2D eigenvalue weighted by Crippen LogP contribution is 2.22. The first kappa shape index (κ1) is 20.6. The third-order valence-corrected chi connectivity index (χ3v) is 5.20. The average Bonchev–Trinajstić information content (AvgIpc) is 2.95. The van der Waals surface area contributed by atoms with Gasteiger partial charge in [-0.15, -0.1) is 0 Å². The summed E-state index contributed by atoms with van der Waals surface area (Å²) in [7, 11) is 0. The predicted molar refractivity (Wildman–Crippen MR) is 104 cm³/mol. The van der Waals surface area contributed by atoms with Crippen LogP contribution in [0.4, 0.5) is 4.79 Å². The van der Waals surface area contributed by atoms with Gasteiger partial charge in [-0.3, -0.25) is 19.8 Å². The molecule has 0 saturated carbocycles. The number of ether oxygens (including phenoxy) is 1. The number of esters is 1. The van der Waals surface area contributed by atoms with Crippen molar-refractivity contribution in [1.82, 2.24) is 15.8 Å². The van der Waals surface area contributed by atoms with Gasteiger partial charge in [-0.1, -0.05) is 42.5 Å². The van der Waals surface area contributed by atoms with Gasteiger partial charge in [-0.2, -0.15) is 5.01 Å². The number of urea groups is 1. The van der Waals surface area contributed by atoms with Gasteiger partial charge in [0.05, 0.1) is 5.92 Å². The van der Waals surface area contributed by atoms with Crippen LogP contribution in [0, 0.1) is 5.92 Å². The molecule has 1 aliphatic heterocycles. The Balaban J connectivity index is 1.50. The van der Waals surface area contributed by atoms with Crippen molar-refractivity contribution in [1.29, 1.82) is 0 Å². The Morgan fingerprint density at radius 1 is 1.24 bits per heavy atom. The Morgan fingerprint density at radius 2 is 2.00 bits per heavy atom. The van der Waals surface area contributed by atoms with Crippen molar-refractivity contribution in [2.24, 2.45) is 5.92 Å². The van der Waals surface area contributed by atoms with E-state index >= 15 is 0 Å². The number of aryl methyl sites for hydroxylation is 1. The van der Waals surface area contributed by atoms with E-state index in [2.05, 4.69) is 10.7 Å². The number of hydrazine groups is 1. The van der Waals surface area contributed by atoms with Crippen LogP contribution in [0.15, 0.2) is 42.5 Å². The molecule has 1 saturated heterocycles. The maximum Gasteiger partial charge on any atom is 0.344 e. The number of allylic oxidation sites excluding steroid dienone is 2. The minimum absolute atomic E-state index is 0.259. The Kier molecular flexibility index (Phi) is 6.31. The van der Waals surface area contributed by atoms with Gasteiger partial charge < -0.3 is 10.1 Å². The van der Waals surface area contributed by atoms with E-state index in [0.29, 0.717) is 30.7 Å². The number of hydrogen-bond donors (Lipinski definition) is 2. The van der Waals surface area contributed by atoms with Crippen molar-refractivity contribution in [2.75, 3.05) is 6.61 Å². The van der Waals surface area contributed by atoms with Crippen molar-refractivity contribution >= 4 is 23.8 Å². The zero-order chi connectivity index (χ0) is 20.9. The molecule has 8 nitrogen and oxygen atoms in total. The number of hydrogen-bond acceptors (Lipinski definition) is 5. The lowest BCUT2D eigenvalue weighted by Gasteiger charge is -2.21. The van der Waals surface area contributed by atoms with Crippen molar-refractivity contribution in [3.8, 4) is 0 Å². The minimum atomic E-state index is -1.12. The lowest BCUT2D eigenvalue weighted by molar-refractivity contribution is -0.154. The molecule has 1 aromatic carbocycles. The first-order chi connectivity index (χ1) is 13.9. The fraction of sp³-hybridized carbons (Fsp3) is 0.429. The molecular formula is C21H25N3O5. The van der Waals surface area contributed by atoms with Crippen molar-refractivity contribution < 1.29 is 23.9 Å². The Hall–Kier alpha value is -3.16. The molecule has 0 bridgehead atoms. The molecule has 154 valence electrons. The molecule has 0 radical (unpaired) electrons. The van der Waals surface area contributed by atoms with E-state index in [-0.39, 0.29) is 5.92 Å². The Bertz CT molecular complexity index is 823. The van der Waals surface area contributed by atoms with E-state index in [9.17, 15) is 19.2 Å². The first-order valence-electron chi connectivity index (χ1n) is 9.71. The number of amides is 4. The van der Waals surface area contributed by atoms with E-state index in [4.69, 9.17) is 4.74 Å². The van der Waals surface area contributed by atoms with Gasteiger partial charge in [0, 0.05) is 0 Å². The van der Waals surface area contributed by atoms with Crippen LogP contribution in [0.25, 0.3) is 0 Å². The highest BCUT2D eigenvalue weighted by molar-refractivity contribution is 6.07. The first-order valence-corrected chi connectivity index (χ1v) is 9.71. The summed E-state index contributed by atoms with van der Waals surface area (Å²) in [5, 5.41) is 3.29.